The fourth-order valence-corrected chi connectivity index (χ4v) is 3.52. The lowest BCUT2D eigenvalue weighted by molar-refractivity contribution is -0.124. The highest BCUT2D eigenvalue weighted by Crippen LogP contribution is 2.18. The number of hydrogen-bond donors (Lipinski definition) is 3. The summed E-state index contributed by atoms with van der Waals surface area (Å²) in [6.45, 7) is 3.74. The van der Waals surface area contributed by atoms with Crippen molar-refractivity contribution >= 4 is 17.9 Å². The molecule has 3 N–H and O–H groups in total. The molecule has 1 fully saturated rings. The number of benzene rings is 2. The zero-order chi connectivity index (χ0) is 20.5. The van der Waals surface area contributed by atoms with Crippen LogP contribution in [0.4, 0.5) is 0 Å². The van der Waals surface area contributed by atoms with Crippen molar-refractivity contribution in [2.24, 2.45) is 5.92 Å². The van der Waals surface area contributed by atoms with Crippen LogP contribution < -0.4 is 10.8 Å². The van der Waals surface area contributed by atoms with Crippen molar-refractivity contribution in [2.45, 2.75) is 19.4 Å². The third kappa shape index (κ3) is 6.55. The van der Waals surface area contributed by atoms with Gasteiger partial charge in [0.2, 0.25) is 0 Å². The third-order valence-electron chi connectivity index (χ3n) is 5.19. The van der Waals surface area contributed by atoms with Crippen molar-refractivity contribution in [1.82, 2.24) is 15.7 Å². The van der Waals surface area contributed by atoms with Crippen molar-refractivity contribution in [3.8, 4) is 0 Å². The molecule has 2 amide bonds. The van der Waals surface area contributed by atoms with Crippen molar-refractivity contribution in [1.29, 1.82) is 0 Å². The van der Waals surface area contributed by atoms with Crippen molar-refractivity contribution < 1.29 is 14.8 Å². The number of likely N-dealkylation sites (tertiary alicyclic amines) is 1. The normalized spacial score (nSPS) is 15.3. The van der Waals surface area contributed by atoms with Gasteiger partial charge in [-0.05, 0) is 61.2 Å². The standard InChI is InChI=1S/C23H27N3O3/c27-22(25-29)10-9-18-7-4-8-21(15-18)23(28)24-16-19-11-13-26(14-12-19)17-20-5-2-1-3-6-20/h1-10,15,19,29H,11-14,16-17H2,(H,24,28)(H,25,27)/b10-9+. The lowest BCUT2D eigenvalue weighted by Gasteiger charge is -2.32. The lowest BCUT2D eigenvalue weighted by atomic mass is 9.96. The van der Waals surface area contributed by atoms with Crippen molar-refractivity contribution in [2.75, 3.05) is 19.6 Å². The number of nitrogens with one attached hydrogen (secondary N) is 2. The van der Waals surface area contributed by atoms with Gasteiger partial charge in [-0.3, -0.25) is 19.7 Å². The molecule has 2 aromatic rings. The highest BCUT2D eigenvalue weighted by molar-refractivity contribution is 5.95. The van der Waals surface area contributed by atoms with Gasteiger partial charge >= 0.3 is 0 Å². The quantitative estimate of drug-likeness (QED) is 0.384. The predicted octanol–water partition coefficient (Wildman–Crippen LogP) is 2.85. The van der Waals surface area contributed by atoms with E-state index in [4.69, 9.17) is 5.21 Å². The second-order valence-corrected chi connectivity index (χ2v) is 7.35. The highest BCUT2D eigenvalue weighted by atomic mass is 16.5. The Kier molecular flexibility index (Phi) is 7.55. The van der Waals surface area contributed by atoms with Crippen LogP contribution >= 0.6 is 0 Å². The first-order valence-corrected chi connectivity index (χ1v) is 9.91. The van der Waals surface area contributed by atoms with Crippen LogP contribution in [0.25, 0.3) is 6.08 Å². The number of carbonyl (C=O) groups excluding carboxylic acids is 2. The summed E-state index contributed by atoms with van der Waals surface area (Å²) in [5.41, 5.74) is 4.15. The van der Waals surface area contributed by atoms with E-state index in [0.29, 0.717) is 18.0 Å². The van der Waals surface area contributed by atoms with E-state index < -0.39 is 5.91 Å². The summed E-state index contributed by atoms with van der Waals surface area (Å²) in [4.78, 5) is 26.0. The molecule has 0 atom stereocenters. The fraction of sp³-hybridized carbons (Fsp3) is 0.304. The molecule has 1 aliphatic heterocycles. The smallest absolute Gasteiger partial charge is 0.267 e. The van der Waals surface area contributed by atoms with Crippen LogP contribution in [0.3, 0.4) is 0 Å². The number of amides is 2. The van der Waals surface area contributed by atoms with Gasteiger partial charge in [0.05, 0.1) is 0 Å². The SMILES string of the molecule is O=C(/C=C/c1cccc(C(=O)NCC2CCN(Cc3ccccc3)CC2)c1)NO. The molecule has 1 heterocycles. The van der Waals surface area contributed by atoms with Crippen LogP contribution in [0.2, 0.25) is 0 Å². The average molecular weight is 393 g/mol. The van der Waals surface area contributed by atoms with E-state index >= 15 is 0 Å². The maximum absolute atomic E-state index is 12.5. The molecule has 1 saturated heterocycles. The summed E-state index contributed by atoms with van der Waals surface area (Å²) in [7, 11) is 0. The second kappa shape index (κ2) is 10.5. The van der Waals surface area contributed by atoms with Gasteiger partial charge in [-0.2, -0.15) is 0 Å². The minimum absolute atomic E-state index is 0.112. The Morgan fingerprint density at radius 1 is 1.07 bits per heavy atom. The van der Waals surface area contributed by atoms with Crippen LogP contribution in [-0.4, -0.2) is 41.6 Å². The first kappa shape index (κ1) is 20.8. The Bertz CT molecular complexity index is 843. The summed E-state index contributed by atoms with van der Waals surface area (Å²) >= 11 is 0. The molecular formula is C23H27N3O3. The Morgan fingerprint density at radius 2 is 1.83 bits per heavy atom. The summed E-state index contributed by atoms with van der Waals surface area (Å²) in [5.74, 6) is -0.237. The van der Waals surface area contributed by atoms with Gasteiger partial charge in [0, 0.05) is 24.7 Å². The molecular weight excluding hydrogens is 366 g/mol. The number of piperidine rings is 1. The molecule has 0 saturated carbocycles. The van der Waals surface area contributed by atoms with E-state index in [1.807, 2.05) is 6.07 Å². The van der Waals surface area contributed by atoms with E-state index in [9.17, 15) is 9.59 Å². The minimum atomic E-state index is -0.613. The maximum atomic E-state index is 12.5. The molecule has 0 aromatic heterocycles. The summed E-state index contributed by atoms with van der Waals surface area (Å²) < 4.78 is 0. The maximum Gasteiger partial charge on any atom is 0.267 e. The van der Waals surface area contributed by atoms with Crippen LogP contribution in [0.15, 0.2) is 60.7 Å². The molecule has 0 bridgehead atoms. The van der Waals surface area contributed by atoms with Crippen LogP contribution in [-0.2, 0) is 11.3 Å². The minimum Gasteiger partial charge on any atom is -0.352 e. The molecule has 6 nitrogen and oxygen atoms in total. The molecule has 1 aliphatic rings. The molecule has 0 spiro atoms. The first-order valence-electron chi connectivity index (χ1n) is 9.91. The van der Waals surface area contributed by atoms with Gasteiger partial charge in [0.1, 0.15) is 0 Å². The van der Waals surface area contributed by atoms with E-state index in [0.717, 1.165) is 38.0 Å². The first-order chi connectivity index (χ1) is 14.1. The van der Waals surface area contributed by atoms with Crippen LogP contribution in [0.5, 0.6) is 0 Å². The lowest BCUT2D eigenvalue weighted by Crippen LogP contribution is -2.38. The molecule has 3 rings (SSSR count). The molecule has 29 heavy (non-hydrogen) atoms. The fourth-order valence-electron chi connectivity index (χ4n) is 3.52. The topological polar surface area (TPSA) is 81.7 Å². The Hall–Kier alpha value is -2.96. The Morgan fingerprint density at radius 3 is 2.55 bits per heavy atom. The molecule has 0 aliphatic carbocycles. The van der Waals surface area contributed by atoms with Gasteiger partial charge in [-0.1, -0.05) is 42.5 Å². The van der Waals surface area contributed by atoms with Gasteiger partial charge in [-0.15, -0.1) is 0 Å². The molecule has 0 unspecified atom stereocenters. The van der Waals surface area contributed by atoms with Gasteiger partial charge in [-0.25, -0.2) is 5.48 Å². The molecule has 0 radical (unpaired) electrons. The van der Waals surface area contributed by atoms with E-state index in [2.05, 4.69) is 34.5 Å². The number of hydroxylamine groups is 1. The third-order valence-corrected chi connectivity index (χ3v) is 5.19. The van der Waals surface area contributed by atoms with Crippen molar-refractivity contribution in [3.05, 3.63) is 77.4 Å². The van der Waals surface area contributed by atoms with Crippen LogP contribution in [0, 0.1) is 5.92 Å². The summed E-state index contributed by atoms with van der Waals surface area (Å²) in [6.07, 6.45) is 4.91. The zero-order valence-electron chi connectivity index (χ0n) is 16.4. The second-order valence-electron chi connectivity index (χ2n) is 7.35. The highest BCUT2D eigenvalue weighted by Gasteiger charge is 2.20. The average Bonchev–Trinajstić information content (AvgIpc) is 2.77. The number of nitrogens with zero attached hydrogens (tertiary/aromatic N) is 1. The largest absolute Gasteiger partial charge is 0.352 e. The molecule has 152 valence electrons. The van der Waals surface area contributed by atoms with Crippen molar-refractivity contribution in [3.63, 3.8) is 0 Å². The van der Waals surface area contributed by atoms with Gasteiger partial charge in [0.15, 0.2) is 0 Å². The Labute approximate surface area is 171 Å². The summed E-state index contributed by atoms with van der Waals surface area (Å²) in [5, 5.41) is 11.6. The predicted molar refractivity (Wildman–Crippen MR) is 112 cm³/mol. The summed E-state index contributed by atoms with van der Waals surface area (Å²) in [6, 6.07) is 17.5. The van der Waals surface area contributed by atoms with Gasteiger partial charge in [0.25, 0.3) is 11.8 Å². The van der Waals surface area contributed by atoms with E-state index in [1.54, 1.807) is 30.3 Å². The monoisotopic (exact) mass is 393 g/mol. The van der Waals surface area contributed by atoms with E-state index in [-0.39, 0.29) is 5.91 Å². The number of hydrogen-bond acceptors (Lipinski definition) is 4. The zero-order valence-corrected chi connectivity index (χ0v) is 16.4. The van der Waals surface area contributed by atoms with Crippen LogP contribution in [0.1, 0.15) is 34.3 Å². The van der Waals surface area contributed by atoms with Gasteiger partial charge < -0.3 is 5.32 Å². The number of carbonyl (C=O) groups is 2. The Balaban J connectivity index is 1.44. The van der Waals surface area contributed by atoms with E-state index in [1.165, 1.54) is 17.1 Å². The molecule has 6 heteroatoms. The molecule has 2 aromatic carbocycles. The number of rotatable bonds is 7.